The highest BCUT2D eigenvalue weighted by molar-refractivity contribution is 7.22. The van der Waals surface area contributed by atoms with Gasteiger partial charge in [0, 0.05) is 39.3 Å². The van der Waals surface area contributed by atoms with Gasteiger partial charge in [-0.15, -0.1) is 0 Å². The standard InChI is InChI=1S/C24H30N8O5S/c33-21(17-14-37-22(27-17)32-7-4-15(13-32)25-24(34)35)26-16-12-18-19(28-20(16)30-5-2-1-3-6-30)29-23(38-18)31-8-10-36-11-9-31/h12,14-15,25H,1-11,13H2,(H,26,33)(H,34,35). The highest BCUT2D eigenvalue weighted by atomic mass is 32.1. The second-order valence-corrected chi connectivity index (χ2v) is 10.7. The summed E-state index contributed by atoms with van der Waals surface area (Å²) in [5.41, 5.74) is 1.45. The molecule has 202 valence electrons. The molecule has 2 amide bonds. The van der Waals surface area contributed by atoms with Crippen LogP contribution in [0.25, 0.3) is 10.3 Å². The normalized spacial score (nSPS) is 20.2. The van der Waals surface area contributed by atoms with Crippen molar-refractivity contribution in [2.45, 2.75) is 31.7 Å². The molecule has 1 atom stereocenters. The summed E-state index contributed by atoms with van der Waals surface area (Å²) in [6.45, 7) is 5.71. The first kappa shape index (κ1) is 24.7. The molecule has 3 aromatic heterocycles. The number of carboxylic acid groups (broad SMARTS) is 1. The van der Waals surface area contributed by atoms with E-state index in [4.69, 9.17) is 24.2 Å². The van der Waals surface area contributed by atoms with Crippen LogP contribution in [0, 0.1) is 0 Å². The Bertz CT molecular complexity index is 1320. The predicted molar refractivity (Wildman–Crippen MR) is 143 cm³/mol. The Morgan fingerprint density at radius 2 is 1.82 bits per heavy atom. The van der Waals surface area contributed by atoms with Gasteiger partial charge < -0.3 is 39.6 Å². The molecule has 3 aliphatic heterocycles. The van der Waals surface area contributed by atoms with E-state index in [0.29, 0.717) is 50.1 Å². The van der Waals surface area contributed by atoms with Gasteiger partial charge >= 0.3 is 6.09 Å². The van der Waals surface area contributed by atoms with Crippen molar-refractivity contribution in [3.63, 3.8) is 0 Å². The van der Waals surface area contributed by atoms with Crippen LogP contribution >= 0.6 is 11.3 Å². The maximum Gasteiger partial charge on any atom is 0.404 e. The zero-order chi connectivity index (χ0) is 26.1. The van der Waals surface area contributed by atoms with Crippen LogP contribution in [0.15, 0.2) is 16.7 Å². The molecule has 3 aliphatic rings. The van der Waals surface area contributed by atoms with E-state index in [-0.39, 0.29) is 11.7 Å². The number of rotatable bonds is 6. The van der Waals surface area contributed by atoms with Crippen molar-refractivity contribution in [2.75, 3.05) is 72.5 Å². The lowest BCUT2D eigenvalue weighted by Gasteiger charge is -2.29. The first-order valence-corrected chi connectivity index (χ1v) is 13.8. The number of ether oxygens (including phenoxy) is 1. The second-order valence-electron chi connectivity index (χ2n) is 9.68. The van der Waals surface area contributed by atoms with Crippen LogP contribution in [0.2, 0.25) is 0 Å². The number of nitrogens with zero attached hydrogens (tertiary/aromatic N) is 6. The predicted octanol–water partition coefficient (Wildman–Crippen LogP) is 2.60. The van der Waals surface area contributed by atoms with E-state index in [9.17, 15) is 9.59 Å². The van der Waals surface area contributed by atoms with Gasteiger partial charge in [-0.2, -0.15) is 9.97 Å². The van der Waals surface area contributed by atoms with E-state index in [1.165, 1.54) is 12.7 Å². The number of anilines is 4. The number of thiazole rings is 1. The van der Waals surface area contributed by atoms with Crippen molar-refractivity contribution in [3.05, 3.63) is 18.0 Å². The van der Waals surface area contributed by atoms with Gasteiger partial charge in [0.2, 0.25) is 0 Å². The largest absolute Gasteiger partial charge is 0.465 e. The molecule has 0 saturated carbocycles. The van der Waals surface area contributed by atoms with Gasteiger partial charge in [-0.05, 0) is 31.7 Å². The van der Waals surface area contributed by atoms with Gasteiger partial charge in [0.15, 0.2) is 22.3 Å². The van der Waals surface area contributed by atoms with Gasteiger partial charge in [-0.25, -0.2) is 9.78 Å². The number of fused-ring (bicyclic) bond motifs is 1. The first-order chi connectivity index (χ1) is 18.5. The molecular formula is C24H30N8O5S. The van der Waals surface area contributed by atoms with Crippen molar-refractivity contribution in [3.8, 4) is 0 Å². The number of aromatic nitrogens is 3. The highest BCUT2D eigenvalue weighted by Crippen LogP contribution is 2.35. The minimum atomic E-state index is -1.06. The average Bonchev–Trinajstić information content (AvgIpc) is 3.68. The number of piperidine rings is 1. The molecule has 3 fully saturated rings. The van der Waals surface area contributed by atoms with Crippen LogP contribution in [-0.2, 0) is 4.74 Å². The number of oxazole rings is 1. The zero-order valence-electron chi connectivity index (χ0n) is 20.9. The zero-order valence-corrected chi connectivity index (χ0v) is 21.7. The molecule has 0 radical (unpaired) electrons. The molecule has 6 rings (SSSR count). The van der Waals surface area contributed by atoms with Crippen molar-refractivity contribution < 1.29 is 23.8 Å². The third-order valence-electron chi connectivity index (χ3n) is 7.05. The summed E-state index contributed by atoms with van der Waals surface area (Å²) in [4.78, 5) is 44.5. The molecular weight excluding hydrogens is 512 g/mol. The lowest BCUT2D eigenvalue weighted by molar-refractivity contribution is 0.102. The smallest absolute Gasteiger partial charge is 0.404 e. The van der Waals surface area contributed by atoms with Crippen molar-refractivity contribution in [2.24, 2.45) is 0 Å². The van der Waals surface area contributed by atoms with E-state index >= 15 is 0 Å². The van der Waals surface area contributed by atoms with Gasteiger partial charge in [-0.3, -0.25) is 4.79 Å². The highest BCUT2D eigenvalue weighted by Gasteiger charge is 2.28. The van der Waals surface area contributed by atoms with Crippen molar-refractivity contribution >= 4 is 56.3 Å². The Morgan fingerprint density at radius 3 is 2.61 bits per heavy atom. The third kappa shape index (κ3) is 5.18. The first-order valence-electron chi connectivity index (χ1n) is 12.9. The van der Waals surface area contributed by atoms with Gasteiger partial charge in [0.1, 0.15) is 6.26 Å². The molecule has 14 heteroatoms. The Morgan fingerprint density at radius 1 is 1.00 bits per heavy atom. The van der Waals surface area contributed by atoms with Crippen LogP contribution in [0.4, 0.5) is 27.4 Å². The number of hydrogen-bond donors (Lipinski definition) is 3. The van der Waals surface area contributed by atoms with Crippen LogP contribution in [0.3, 0.4) is 0 Å². The Labute approximate surface area is 222 Å². The Balaban J connectivity index is 1.23. The summed E-state index contributed by atoms with van der Waals surface area (Å²) < 4.78 is 12.0. The molecule has 0 aromatic carbocycles. The SMILES string of the molecule is O=C(O)NC1CCN(c2nc(C(=O)Nc3cc4sc(N5CCOCC5)nc4nc3N3CCCCC3)co2)C1. The van der Waals surface area contributed by atoms with Gasteiger partial charge in [0.05, 0.1) is 29.6 Å². The fourth-order valence-electron chi connectivity index (χ4n) is 5.10. The molecule has 0 bridgehead atoms. The second kappa shape index (κ2) is 10.6. The number of pyridine rings is 1. The van der Waals surface area contributed by atoms with Gasteiger partial charge in [-0.1, -0.05) is 11.3 Å². The number of amides is 2. The van der Waals surface area contributed by atoms with E-state index in [1.54, 1.807) is 11.3 Å². The summed E-state index contributed by atoms with van der Waals surface area (Å²) in [6, 6.07) is 2.05. The monoisotopic (exact) mass is 542 g/mol. The third-order valence-corrected chi connectivity index (χ3v) is 8.10. The van der Waals surface area contributed by atoms with E-state index in [2.05, 4.69) is 25.4 Å². The summed E-state index contributed by atoms with van der Waals surface area (Å²) >= 11 is 1.56. The fourth-order valence-corrected chi connectivity index (χ4v) is 6.10. The number of carbonyl (C=O) groups is 2. The molecule has 6 heterocycles. The van der Waals surface area contributed by atoms with Crippen LogP contribution in [0.1, 0.15) is 36.2 Å². The lowest BCUT2D eigenvalue weighted by Crippen LogP contribution is -2.36. The number of hydrogen-bond acceptors (Lipinski definition) is 11. The number of nitrogens with one attached hydrogen (secondary N) is 2. The molecule has 0 spiro atoms. The topological polar surface area (TPSA) is 149 Å². The van der Waals surface area contributed by atoms with Crippen LogP contribution in [0.5, 0.6) is 0 Å². The number of carbonyl (C=O) groups excluding carboxylic acids is 1. The molecule has 1 unspecified atom stereocenters. The molecule has 3 N–H and O–H groups in total. The van der Waals surface area contributed by atoms with E-state index in [0.717, 1.165) is 54.7 Å². The molecule has 38 heavy (non-hydrogen) atoms. The average molecular weight is 543 g/mol. The number of morpholine rings is 1. The fraction of sp³-hybridized carbons (Fsp3) is 0.542. The van der Waals surface area contributed by atoms with E-state index < -0.39 is 12.0 Å². The lowest BCUT2D eigenvalue weighted by atomic mass is 10.1. The maximum absolute atomic E-state index is 13.3. The summed E-state index contributed by atoms with van der Waals surface area (Å²) in [5, 5.41) is 15.4. The minimum absolute atomic E-state index is 0.151. The summed E-state index contributed by atoms with van der Waals surface area (Å²) in [6.07, 6.45) is 4.24. The van der Waals surface area contributed by atoms with Crippen LogP contribution in [-0.4, -0.2) is 90.6 Å². The molecule has 3 saturated heterocycles. The Hall–Kier alpha value is -3.65. The van der Waals surface area contributed by atoms with Crippen molar-refractivity contribution in [1.29, 1.82) is 0 Å². The Kier molecular flexibility index (Phi) is 6.89. The molecule has 13 nitrogen and oxygen atoms in total. The summed E-state index contributed by atoms with van der Waals surface area (Å²) in [5.74, 6) is 0.326. The minimum Gasteiger partial charge on any atom is -0.465 e. The quantitative estimate of drug-likeness (QED) is 0.422. The van der Waals surface area contributed by atoms with Crippen LogP contribution < -0.4 is 25.3 Å². The summed E-state index contributed by atoms with van der Waals surface area (Å²) in [7, 11) is 0. The molecule has 0 aliphatic carbocycles. The van der Waals surface area contributed by atoms with Gasteiger partial charge in [0.25, 0.3) is 11.9 Å². The van der Waals surface area contributed by atoms with Crippen molar-refractivity contribution in [1.82, 2.24) is 20.3 Å². The maximum atomic E-state index is 13.3. The van der Waals surface area contributed by atoms with E-state index in [1.807, 2.05) is 11.0 Å². The molecule has 3 aromatic rings.